The maximum absolute atomic E-state index is 12.7. The van der Waals surface area contributed by atoms with E-state index in [2.05, 4.69) is 16.0 Å². The van der Waals surface area contributed by atoms with Gasteiger partial charge in [-0.1, -0.05) is 30.3 Å². The Labute approximate surface area is 159 Å². The Hall–Kier alpha value is -2.60. The summed E-state index contributed by atoms with van der Waals surface area (Å²) in [6.07, 6.45) is 5.21. The van der Waals surface area contributed by atoms with Crippen molar-refractivity contribution in [2.24, 2.45) is 5.92 Å². The van der Waals surface area contributed by atoms with Crippen LogP contribution in [0.25, 0.3) is 0 Å². The summed E-state index contributed by atoms with van der Waals surface area (Å²) in [4.78, 5) is 25.1. The first-order valence-corrected chi connectivity index (χ1v) is 9.59. The first kappa shape index (κ1) is 19.2. The number of carbonyl (C=O) groups excluding carboxylic acids is 2. The fraction of sp³-hybridized carbons (Fsp3) is 0.429. The summed E-state index contributed by atoms with van der Waals surface area (Å²) >= 11 is 0. The van der Waals surface area contributed by atoms with E-state index >= 15 is 0 Å². The monoisotopic (exact) mass is 369 g/mol. The molecular formula is C21H27N3O3. The lowest BCUT2D eigenvalue weighted by Gasteiger charge is -2.23. The molecule has 6 heteroatoms. The topological polar surface area (TPSA) is 83.4 Å². The van der Waals surface area contributed by atoms with E-state index in [0.29, 0.717) is 18.9 Å². The van der Waals surface area contributed by atoms with Gasteiger partial charge >= 0.3 is 0 Å². The lowest BCUT2D eigenvalue weighted by Crippen LogP contribution is -2.48. The molecule has 0 radical (unpaired) electrons. The van der Waals surface area contributed by atoms with Crippen molar-refractivity contribution in [3.63, 3.8) is 0 Å². The van der Waals surface area contributed by atoms with Crippen LogP contribution in [0.4, 0.5) is 0 Å². The van der Waals surface area contributed by atoms with E-state index < -0.39 is 6.04 Å². The summed E-state index contributed by atoms with van der Waals surface area (Å²) in [6.45, 7) is 2.71. The second-order valence-corrected chi connectivity index (χ2v) is 6.99. The van der Waals surface area contributed by atoms with Gasteiger partial charge in [-0.05, 0) is 56.0 Å². The molecule has 2 aromatic rings. The van der Waals surface area contributed by atoms with E-state index in [1.54, 1.807) is 12.1 Å². The van der Waals surface area contributed by atoms with E-state index in [1.807, 2.05) is 30.3 Å². The van der Waals surface area contributed by atoms with Crippen molar-refractivity contribution < 1.29 is 14.0 Å². The molecule has 3 rings (SSSR count). The van der Waals surface area contributed by atoms with Crippen molar-refractivity contribution in [3.8, 4) is 0 Å². The molecule has 27 heavy (non-hydrogen) atoms. The predicted octanol–water partition coefficient (Wildman–Crippen LogP) is 2.13. The third-order valence-corrected chi connectivity index (χ3v) is 4.90. The summed E-state index contributed by atoms with van der Waals surface area (Å²) in [7, 11) is 0. The van der Waals surface area contributed by atoms with E-state index in [0.717, 1.165) is 25.1 Å². The smallest absolute Gasteiger partial charge is 0.287 e. The highest BCUT2D eigenvalue weighted by molar-refractivity contribution is 5.95. The molecule has 1 aromatic carbocycles. The molecular weight excluding hydrogens is 342 g/mol. The minimum atomic E-state index is -0.644. The average Bonchev–Trinajstić information content (AvgIpc) is 3.24. The molecule has 1 fully saturated rings. The van der Waals surface area contributed by atoms with Crippen LogP contribution in [-0.2, 0) is 11.2 Å². The first-order valence-electron chi connectivity index (χ1n) is 9.59. The summed E-state index contributed by atoms with van der Waals surface area (Å²) in [6, 6.07) is 12.3. The van der Waals surface area contributed by atoms with Crippen LogP contribution < -0.4 is 16.0 Å². The molecule has 2 amide bonds. The van der Waals surface area contributed by atoms with Gasteiger partial charge < -0.3 is 20.4 Å². The Morgan fingerprint density at radius 2 is 2.04 bits per heavy atom. The molecule has 6 nitrogen and oxygen atoms in total. The Kier molecular flexibility index (Phi) is 7.04. The third-order valence-electron chi connectivity index (χ3n) is 4.90. The first-order chi connectivity index (χ1) is 13.2. The zero-order chi connectivity index (χ0) is 18.9. The number of furan rings is 1. The molecule has 1 saturated heterocycles. The summed E-state index contributed by atoms with van der Waals surface area (Å²) in [5, 5.41) is 9.18. The maximum atomic E-state index is 12.7. The van der Waals surface area contributed by atoms with Crippen LogP contribution in [0.3, 0.4) is 0 Å². The van der Waals surface area contributed by atoms with Gasteiger partial charge in [0.05, 0.1) is 6.26 Å². The van der Waals surface area contributed by atoms with Gasteiger partial charge in [-0.25, -0.2) is 0 Å². The van der Waals surface area contributed by atoms with E-state index in [-0.39, 0.29) is 17.6 Å². The average molecular weight is 369 g/mol. The number of hydrogen-bond acceptors (Lipinski definition) is 4. The van der Waals surface area contributed by atoms with Crippen LogP contribution in [0.2, 0.25) is 0 Å². The van der Waals surface area contributed by atoms with Crippen molar-refractivity contribution in [1.82, 2.24) is 16.0 Å². The lowest BCUT2D eigenvalue weighted by molar-refractivity contribution is -0.123. The minimum Gasteiger partial charge on any atom is -0.459 e. The second kappa shape index (κ2) is 9.92. The molecule has 3 N–H and O–H groups in total. The van der Waals surface area contributed by atoms with Crippen LogP contribution in [0, 0.1) is 5.92 Å². The van der Waals surface area contributed by atoms with Crippen LogP contribution >= 0.6 is 0 Å². The van der Waals surface area contributed by atoms with Crippen molar-refractivity contribution in [1.29, 1.82) is 0 Å². The molecule has 2 heterocycles. The SMILES string of the molecule is O=C(NC(Cc1ccccc1)C(=O)NCCC1CCCNC1)c1ccco1. The molecule has 1 aliphatic heterocycles. The highest BCUT2D eigenvalue weighted by Gasteiger charge is 2.23. The van der Waals surface area contributed by atoms with E-state index in [9.17, 15) is 9.59 Å². The molecule has 144 valence electrons. The fourth-order valence-electron chi connectivity index (χ4n) is 3.39. The molecule has 1 aromatic heterocycles. The van der Waals surface area contributed by atoms with Crippen LogP contribution in [0.1, 0.15) is 35.4 Å². The van der Waals surface area contributed by atoms with Crippen LogP contribution in [-0.4, -0.2) is 37.5 Å². The van der Waals surface area contributed by atoms with Crippen LogP contribution in [0.15, 0.2) is 53.1 Å². The molecule has 2 atom stereocenters. The number of amides is 2. The second-order valence-electron chi connectivity index (χ2n) is 6.99. The summed E-state index contributed by atoms with van der Waals surface area (Å²) in [5.74, 6) is 0.258. The normalized spacial score (nSPS) is 17.9. The third kappa shape index (κ3) is 5.96. The molecule has 0 spiro atoms. The van der Waals surface area contributed by atoms with Gasteiger partial charge in [-0.3, -0.25) is 9.59 Å². The van der Waals surface area contributed by atoms with Crippen molar-refractivity contribution in [2.75, 3.05) is 19.6 Å². The number of rotatable bonds is 8. The molecule has 0 saturated carbocycles. The Morgan fingerprint density at radius 3 is 2.74 bits per heavy atom. The van der Waals surface area contributed by atoms with Crippen molar-refractivity contribution in [2.45, 2.75) is 31.7 Å². The van der Waals surface area contributed by atoms with Crippen molar-refractivity contribution in [3.05, 3.63) is 60.1 Å². The molecule has 0 aliphatic carbocycles. The van der Waals surface area contributed by atoms with E-state index in [1.165, 1.54) is 19.1 Å². The van der Waals surface area contributed by atoms with E-state index in [4.69, 9.17) is 4.42 Å². The summed E-state index contributed by atoms with van der Waals surface area (Å²) in [5.41, 5.74) is 0.994. The van der Waals surface area contributed by atoms with Gasteiger partial charge in [-0.15, -0.1) is 0 Å². The van der Waals surface area contributed by atoms with Gasteiger partial charge in [-0.2, -0.15) is 0 Å². The number of piperidine rings is 1. The Bertz CT molecular complexity index is 710. The zero-order valence-corrected chi connectivity index (χ0v) is 15.4. The van der Waals surface area contributed by atoms with Gasteiger partial charge in [0, 0.05) is 13.0 Å². The largest absolute Gasteiger partial charge is 0.459 e. The Morgan fingerprint density at radius 1 is 1.19 bits per heavy atom. The van der Waals surface area contributed by atoms with Gasteiger partial charge in [0.2, 0.25) is 5.91 Å². The van der Waals surface area contributed by atoms with Crippen molar-refractivity contribution >= 4 is 11.8 Å². The van der Waals surface area contributed by atoms with Gasteiger partial charge in [0.25, 0.3) is 5.91 Å². The quantitative estimate of drug-likeness (QED) is 0.666. The number of hydrogen-bond donors (Lipinski definition) is 3. The highest BCUT2D eigenvalue weighted by atomic mass is 16.3. The summed E-state index contributed by atoms with van der Waals surface area (Å²) < 4.78 is 5.14. The zero-order valence-electron chi connectivity index (χ0n) is 15.4. The molecule has 1 aliphatic rings. The number of benzene rings is 1. The number of carbonyl (C=O) groups is 2. The minimum absolute atomic E-state index is 0.164. The molecule has 2 unspecified atom stereocenters. The van der Waals surface area contributed by atoms with Gasteiger partial charge in [0.1, 0.15) is 6.04 Å². The fourth-order valence-corrected chi connectivity index (χ4v) is 3.39. The predicted molar refractivity (Wildman–Crippen MR) is 103 cm³/mol. The molecule has 0 bridgehead atoms. The standard InChI is InChI=1S/C21H27N3O3/c25-20(23-12-10-17-8-4-11-22-15-17)18(14-16-6-2-1-3-7-16)24-21(26)19-9-5-13-27-19/h1-3,5-7,9,13,17-18,22H,4,8,10-12,14-15H2,(H,23,25)(H,24,26). The van der Waals surface area contributed by atoms with Crippen LogP contribution in [0.5, 0.6) is 0 Å². The van der Waals surface area contributed by atoms with Gasteiger partial charge in [0.15, 0.2) is 5.76 Å². The highest BCUT2D eigenvalue weighted by Crippen LogP contribution is 2.13. The Balaban J connectivity index is 1.57. The number of nitrogens with one attached hydrogen (secondary N) is 3. The maximum Gasteiger partial charge on any atom is 0.287 e. The lowest BCUT2D eigenvalue weighted by atomic mass is 9.96.